The highest BCUT2D eigenvalue weighted by molar-refractivity contribution is 6.35. The molecule has 0 fully saturated rings. The van der Waals surface area contributed by atoms with Gasteiger partial charge in [0.25, 0.3) is 5.91 Å². The maximum atomic E-state index is 11.0. The normalized spacial score (nSPS) is 10.4. The largest absolute Gasteiger partial charge is 0.349 e. The molecule has 1 amide bonds. The van der Waals surface area contributed by atoms with E-state index in [9.17, 15) is 9.59 Å². The Kier molecular flexibility index (Phi) is 4.69. The van der Waals surface area contributed by atoms with Crippen molar-refractivity contribution < 1.29 is 9.59 Å². The van der Waals surface area contributed by atoms with E-state index in [4.69, 9.17) is 11.6 Å². The molecule has 1 aromatic rings. The first-order valence-corrected chi connectivity index (χ1v) is 5.79. The Balaban J connectivity index is 2.39. The molecule has 0 saturated heterocycles. The average molecular weight is 258 g/mol. The van der Waals surface area contributed by atoms with Crippen LogP contribution in [0, 0.1) is 13.8 Å². The van der Waals surface area contributed by atoms with Crippen molar-refractivity contribution in [2.45, 2.75) is 33.7 Å². The lowest BCUT2D eigenvalue weighted by Crippen LogP contribution is -2.30. The molecule has 1 N–H and O–H groups in total. The summed E-state index contributed by atoms with van der Waals surface area (Å²) in [4.78, 5) is 21.6. The van der Waals surface area contributed by atoms with Crippen molar-refractivity contribution in [1.29, 1.82) is 0 Å². The van der Waals surface area contributed by atoms with Gasteiger partial charge in [-0.3, -0.25) is 14.3 Å². The predicted molar refractivity (Wildman–Crippen MR) is 65.0 cm³/mol. The molecule has 94 valence electrons. The molecule has 0 atom stereocenters. The highest BCUT2D eigenvalue weighted by atomic mass is 35.5. The quantitative estimate of drug-likeness (QED) is 0.638. The van der Waals surface area contributed by atoms with Gasteiger partial charge in [-0.25, -0.2) is 0 Å². The van der Waals surface area contributed by atoms with Crippen LogP contribution < -0.4 is 5.32 Å². The number of ketones is 1. The van der Waals surface area contributed by atoms with Gasteiger partial charge >= 0.3 is 0 Å². The van der Waals surface area contributed by atoms with E-state index in [1.165, 1.54) is 6.92 Å². The van der Waals surface area contributed by atoms with Gasteiger partial charge in [0.1, 0.15) is 0 Å². The number of amides is 1. The first kappa shape index (κ1) is 13.7. The molecule has 5 nitrogen and oxygen atoms in total. The number of aromatic nitrogens is 2. The van der Waals surface area contributed by atoms with Gasteiger partial charge in [-0.1, -0.05) is 11.6 Å². The summed E-state index contributed by atoms with van der Waals surface area (Å²) in [6.07, 6.45) is 0.706. The molecule has 0 unspecified atom stereocenters. The van der Waals surface area contributed by atoms with Crippen molar-refractivity contribution >= 4 is 23.3 Å². The van der Waals surface area contributed by atoms with Gasteiger partial charge in [0, 0.05) is 20.0 Å². The Bertz CT molecular complexity index is 440. The van der Waals surface area contributed by atoms with E-state index in [0.717, 1.165) is 11.4 Å². The summed E-state index contributed by atoms with van der Waals surface area (Å²) in [7, 11) is 0. The highest BCUT2D eigenvalue weighted by Crippen LogP contribution is 2.18. The molecule has 1 heterocycles. The number of hydrogen-bond acceptors (Lipinski definition) is 3. The Morgan fingerprint density at radius 1 is 1.41 bits per heavy atom. The maximum Gasteiger partial charge on any atom is 0.287 e. The Hall–Kier alpha value is -1.36. The molecule has 1 aromatic heterocycles. The highest BCUT2D eigenvalue weighted by Gasteiger charge is 2.09. The fourth-order valence-electron chi connectivity index (χ4n) is 1.45. The van der Waals surface area contributed by atoms with Crippen molar-refractivity contribution in [2.24, 2.45) is 0 Å². The zero-order valence-electron chi connectivity index (χ0n) is 10.2. The molecule has 0 saturated carbocycles. The van der Waals surface area contributed by atoms with Gasteiger partial charge in [0.2, 0.25) is 5.78 Å². The molecule has 6 heteroatoms. The smallest absolute Gasteiger partial charge is 0.287 e. The lowest BCUT2D eigenvalue weighted by molar-refractivity contribution is -0.136. The molecule has 0 aromatic carbocycles. The zero-order valence-corrected chi connectivity index (χ0v) is 11.0. The fourth-order valence-corrected chi connectivity index (χ4v) is 1.58. The topological polar surface area (TPSA) is 64.0 Å². The molecule has 0 radical (unpaired) electrons. The van der Waals surface area contributed by atoms with Gasteiger partial charge in [-0.05, 0) is 20.3 Å². The van der Waals surface area contributed by atoms with E-state index in [-0.39, 0.29) is 0 Å². The SMILES string of the molecule is CC(=O)C(=O)NCCCn1nc(C)c(Cl)c1C. The van der Waals surface area contributed by atoms with Gasteiger partial charge in [0.05, 0.1) is 16.4 Å². The minimum absolute atomic E-state index is 0.453. The predicted octanol–water partition coefficient (Wildman–Crippen LogP) is 1.25. The van der Waals surface area contributed by atoms with Crippen LogP contribution in [0.15, 0.2) is 0 Å². The number of carbonyl (C=O) groups is 2. The standard InChI is InChI=1S/C11H16ClN3O2/c1-7-10(12)8(2)15(14-7)6-4-5-13-11(17)9(3)16/h4-6H2,1-3H3,(H,13,17). The molecule has 0 bridgehead atoms. The Morgan fingerprint density at radius 2 is 2.06 bits per heavy atom. The van der Waals surface area contributed by atoms with Crippen LogP contribution in [0.25, 0.3) is 0 Å². The summed E-state index contributed by atoms with van der Waals surface area (Å²) in [5, 5.41) is 7.48. The van der Waals surface area contributed by atoms with Gasteiger partial charge in [0.15, 0.2) is 0 Å². The molecule has 1 rings (SSSR count). The third-order valence-corrected chi connectivity index (χ3v) is 2.99. The lowest BCUT2D eigenvalue weighted by atomic mass is 10.3. The first-order chi connectivity index (χ1) is 7.93. The van der Waals surface area contributed by atoms with E-state index in [1.54, 1.807) is 4.68 Å². The number of nitrogens with one attached hydrogen (secondary N) is 1. The van der Waals surface area contributed by atoms with Crippen LogP contribution in [0.3, 0.4) is 0 Å². The van der Waals surface area contributed by atoms with E-state index < -0.39 is 11.7 Å². The van der Waals surface area contributed by atoms with Gasteiger partial charge < -0.3 is 5.32 Å². The molecule has 17 heavy (non-hydrogen) atoms. The van der Waals surface area contributed by atoms with Crippen molar-refractivity contribution in [3.63, 3.8) is 0 Å². The van der Waals surface area contributed by atoms with Crippen LogP contribution in [0.1, 0.15) is 24.7 Å². The average Bonchev–Trinajstić information content (AvgIpc) is 2.52. The summed E-state index contributed by atoms with van der Waals surface area (Å²) >= 11 is 6.01. The lowest BCUT2D eigenvalue weighted by Gasteiger charge is -2.05. The number of carbonyl (C=O) groups excluding carboxylic acids is 2. The number of Topliss-reactive ketones (excluding diaryl/α,β-unsaturated/α-hetero) is 1. The van der Waals surface area contributed by atoms with Crippen LogP contribution >= 0.6 is 11.6 Å². The summed E-state index contributed by atoms with van der Waals surface area (Å²) < 4.78 is 1.80. The second kappa shape index (κ2) is 5.82. The van der Waals surface area contributed by atoms with Gasteiger partial charge in [-0.2, -0.15) is 5.10 Å². The molecule has 0 aliphatic carbocycles. The maximum absolute atomic E-state index is 11.0. The number of aryl methyl sites for hydroxylation is 2. The van der Waals surface area contributed by atoms with Crippen LogP contribution in [0.4, 0.5) is 0 Å². The fraction of sp³-hybridized carbons (Fsp3) is 0.545. The van der Waals surface area contributed by atoms with E-state index in [2.05, 4.69) is 10.4 Å². The summed E-state index contributed by atoms with van der Waals surface area (Å²) in [6.45, 7) is 6.11. The van der Waals surface area contributed by atoms with Crippen LogP contribution in [-0.4, -0.2) is 28.0 Å². The second-order valence-electron chi connectivity index (χ2n) is 3.87. The van der Waals surface area contributed by atoms with E-state index in [1.807, 2.05) is 13.8 Å². The third-order valence-electron chi connectivity index (χ3n) is 2.45. The minimum atomic E-state index is -0.545. The Morgan fingerprint density at radius 3 is 2.53 bits per heavy atom. The van der Waals surface area contributed by atoms with E-state index in [0.29, 0.717) is 24.5 Å². The van der Waals surface area contributed by atoms with Crippen molar-refractivity contribution in [3.8, 4) is 0 Å². The van der Waals surface area contributed by atoms with Gasteiger partial charge in [-0.15, -0.1) is 0 Å². The summed E-state index contributed by atoms with van der Waals surface area (Å²) in [5.74, 6) is -1.02. The first-order valence-electron chi connectivity index (χ1n) is 5.41. The monoisotopic (exact) mass is 257 g/mol. The van der Waals surface area contributed by atoms with Crippen LogP contribution in [0.2, 0.25) is 5.02 Å². The zero-order chi connectivity index (χ0) is 13.0. The van der Waals surface area contributed by atoms with Crippen LogP contribution in [-0.2, 0) is 16.1 Å². The summed E-state index contributed by atoms with van der Waals surface area (Å²) in [6, 6.07) is 0. The number of hydrogen-bond donors (Lipinski definition) is 1. The molecule has 0 aliphatic heterocycles. The van der Waals surface area contributed by atoms with Crippen LogP contribution in [0.5, 0.6) is 0 Å². The molecule has 0 spiro atoms. The van der Waals surface area contributed by atoms with Crippen molar-refractivity contribution in [2.75, 3.05) is 6.54 Å². The summed E-state index contributed by atoms with van der Waals surface area (Å²) in [5.41, 5.74) is 1.72. The molecular weight excluding hydrogens is 242 g/mol. The molecule has 0 aliphatic rings. The minimum Gasteiger partial charge on any atom is -0.349 e. The molecular formula is C11H16ClN3O2. The second-order valence-corrected chi connectivity index (χ2v) is 4.25. The number of nitrogens with zero attached hydrogens (tertiary/aromatic N) is 2. The number of rotatable bonds is 5. The van der Waals surface area contributed by atoms with Crippen molar-refractivity contribution in [1.82, 2.24) is 15.1 Å². The Labute approximate surface area is 105 Å². The third kappa shape index (κ3) is 3.56. The number of halogens is 1. The van der Waals surface area contributed by atoms with Crippen molar-refractivity contribution in [3.05, 3.63) is 16.4 Å². The van der Waals surface area contributed by atoms with E-state index >= 15 is 0 Å².